The molecule has 0 saturated carbocycles. The number of ether oxygens (including phenoxy) is 2. The van der Waals surface area contributed by atoms with E-state index in [2.05, 4.69) is 24.0 Å². The van der Waals surface area contributed by atoms with Crippen LogP contribution in [0, 0.1) is 0 Å². The lowest BCUT2D eigenvalue weighted by molar-refractivity contribution is -0.163. The maximum Gasteiger partial charge on any atom is 0.331 e. The van der Waals surface area contributed by atoms with Gasteiger partial charge in [0.25, 0.3) is 5.91 Å². The van der Waals surface area contributed by atoms with Gasteiger partial charge in [-0.05, 0) is 13.8 Å². The summed E-state index contributed by atoms with van der Waals surface area (Å²) >= 11 is 0. The normalized spacial score (nSPS) is 12.7. The molecular weight excluding hydrogens is 278 g/mol. The lowest BCUT2D eigenvalue weighted by Gasteiger charge is -2.29. The van der Waals surface area contributed by atoms with Gasteiger partial charge in [0.05, 0.1) is 0 Å². The van der Waals surface area contributed by atoms with Crippen LogP contribution in [0.25, 0.3) is 0 Å². The fourth-order valence-corrected chi connectivity index (χ4v) is 1.20. The summed E-state index contributed by atoms with van der Waals surface area (Å²) in [4.78, 5) is 33.9. The number of hydrogen-bond acceptors (Lipinski definition) is 7. The summed E-state index contributed by atoms with van der Waals surface area (Å²) in [5, 5.41) is 1.00. The van der Waals surface area contributed by atoms with Gasteiger partial charge in [0, 0.05) is 18.6 Å². The van der Waals surface area contributed by atoms with Gasteiger partial charge in [-0.2, -0.15) is 10.9 Å². The van der Waals surface area contributed by atoms with Crippen molar-refractivity contribution in [2.75, 3.05) is 0 Å². The Hall–Kier alpha value is -2.19. The molecule has 0 aromatic rings. The van der Waals surface area contributed by atoms with Crippen LogP contribution >= 0.6 is 0 Å². The van der Waals surface area contributed by atoms with E-state index in [1.54, 1.807) is 6.92 Å². The molecule has 0 radical (unpaired) electrons. The molecule has 2 N–H and O–H groups in total. The van der Waals surface area contributed by atoms with E-state index in [9.17, 15) is 14.4 Å². The molecule has 21 heavy (non-hydrogen) atoms. The number of esters is 2. The van der Waals surface area contributed by atoms with Gasteiger partial charge in [0.15, 0.2) is 12.5 Å². The van der Waals surface area contributed by atoms with Crippen molar-refractivity contribution >= 4 is 17.8 Å². The van der Waals surface area contributed by atoms with Gasteiger partial charge in [0.2, 0.25) is 0 Å². The van der Waals surface area contributed by atoms with Crippen LogP contribution in [0.15, 0.2) is 25.3 Å². The predicted octanol–water partition coefficient (Wildman–Crippen LogP) is 0.385. The number of rotatable bonds is 9. The monoisotopic (exact) mass is 299 g/mol. The first-order chi connectivity index (χ1) is 9.83. The zero-order chi connectivity index (χ0) is 16.4. The first-order valence-electron chi connectivity index (χ1n) is 6.35. The first-order valence-corrected chi connectivity index (χ1v) is 6.35. The summed E-state index contributed by atoms with van der Waals surface area (Å²) in [6, 6.07) is 0. The molecule has 8 nitrogen and oxygen atoms in total. The smallest absolute Gasteiger partial charge is 0.331 e. The van der Waals surface area contributed by atoms with Crippen molar-refractivity contribution in [3.05, 3.63) is 25.3 Å². The quantitative estimate of drug-likeness (QED) is 0.275. The minimum Gasteiger partial charge on any atom is -0.442 e. The highest BCUT2D eigenvalue weighted by molar-refractivity contribution is 5.81. The summed E-state index contributed by atoms with van der Waals surface area (Å²) in [6.45, 7) is 11.2. The Balaban J connectivity index is 4.61. The van der Waals surface area contributed by atoms with E-state index in [-0.39, 0.29) is 12.3 Å². The van der Waals surface area contributed by atoms with Crippen LogP contribution in [0.4, 0.5) is 0 Å². The average Bonchev–Trinajstić information content (AvgIpc) is 2.44. The van der Waals surface area contributed by atoms with Crippen LogP contribution < -0.4 is 10.9 Å². The number of carbonyl (C=O) groups is 3. The van der Waals surface area contributed by atoms with Crippen LogP contribution in [-0.4, -0.2) is 35.4 Å². The Morgan fingerprint density at radius 2 is 1.43 bits per heavy atom. The summed E-state index contributed by atoms with van der Waals surface area (Å²) in [6.07, 6.45) is 0.615. The van der Waals surface area contributed by atoms with Crippen molar-refractivity contribution in [3.63, 3.8) is 0 Å². The van der Waals surface area contributed by atoms with E-state index in [0.717, 1.165) is 17.3 Å². The fourth-order valence-electron chi connectivity index (χ4n) is 1.20. The van der Waals surface area contributed by atoms with Gasteiger partial charge in [-0.25, -0.2) is 14.7 Å². The van der Waals surface area contributed by atoms with Gasteiger partial charge < -0.3 is 9.47 Å². The lowest BCUT2D eigenvalue weighted by Crippen LogP contribution is -2.58. The Morgan fingerprint density at radius 3 is 1.71 bits per heavy atom. The van der Waals surface area contributed by atoms with E-state index < -0.39 is 24.4 Å². The molecule has 118 valence electrons. The molecule has 0 spiro atoms. The highest BCUT2D eigenvalue weighted by Crippen LogP contribution is 1.96. The molecule has 0 aliphatic heterocycles. The first kappa shape index (κ1) is 18.8. The third-order valence-corrected chi connectivity index (χ3v) is 2.09. The summed E-state index contributed by atoms with van der Waals surface area (Å²) in [5.74, 6) is -1.60. The Morgan fingerprint density at radius 1 is 1.05 bits per heavy atom. The van der Waals surface area contributed by atoms with E-state index in [4.69, 9.17) is 9.47 Å². The minimum atomic E-state index is -0.791. The molecule has 0 rings (SSSR count). The minimum absolute atomic E-state index is 0.185. The number of nitrogens with one attached hydrogen (secondary N) is 2. The molecule has 0 heterocycles. The summed E-state index contributed by atoms with van der Waals surface area (Å²) in [5.41, 5.74) is 5.24. The third-order valence-electron chi connectivity index (χ3n) is 2.09. The molecule has 1 amide bonds. The number of nitrogens with zero attached hydrogens (tertiary/aromatic N) is 1. The zero-order valence-electron chi connectivity index (χ0n) is 12.4. The second-order valence-corrected chi connectivity index (χ2v) is 3.91. The van der Waals surface area contributed by atoms with Gasteiger partial charge in [-0.1, -0.05) is 20.1 Å². The number of amides is 1. The third kappa shape index (κ3) is 7.85. The molecule has 0 aliphatic carbocycles. The largest absolute Gasteiger partial charge is 0.442 e. The van der Waals surface area contributed by atoms with E-state index in [0.29, 0.717) is 0 Å². The second-order valence-electron chi connectivity index (χ2n) is 3.91. The van der Waals surface area contributed by atoms with Gasteiger partial charge >= 0.3 is 11.9 Å². The molecule has 0 saturated heterocycles. The van der Waals surface area contributed by atoms with Crippen LogP contribution in [0.3, 0.4) is 0 Å². The van der Waals surface area contributed by atoms with Crippen LogP contribution in [0.2, 0.25) is 0 Å². The van der Waals surface area contributed by atoms with Crippen LogP contribution in [-0.2, 0) is 23.9 Å². The van der Waals surface area contributed by atoms with Crippen molar-refractivity contribution in [1.29, 1.82) is 0 Å². The van der Waals surface area contributed by atoms with Crippen molar-refractivity contribution in [2.24, 2.45) is 0 Å². The van der Waals surface area contributed by atoms with E-state index in [1.807, 2.05) is 0 Å². The van der Waals surface area contributed by atoms with Crippen LogP contribution in [0.5, 0.6) is 0 Å². The van der Waals surface area contributed by atoms with E-state index >= 15 is 0 Å². The highest BCUT2D eigenvalue weighted by Gasteiger charge is 2.19. The fraction of sp³-hybridized carbons (Fsp3) is 0.462. The Bertz CT molecular complexity index is 381. The highest BCUT2D eigenvalue weighted by atomic mass is 16.6. The maximum absolute atomic E-state index is 11.8. The van der Waals surface area contributed by atoms with Gasteiger partial charge in [-0.15, -0.1) is 0 Å². The number of hydrogen-bond donors (Lipinski definition) is 2. The molecule has 0 fully saturated rings. The molecule has 0 aromatic carbocycles. The molecule has 2 atom stereocenters. The summed E-state index contributed by atoms with van der Waals surface area (Å²) in [7, 11) is 0. The molecular formula is C13H21N3O5. The molecule has 8 heteroatoms. The Labute approximate surface area is 123 Å². The standard InChI is InChI=1S/C13H21N3O5/c1-6-11(17)16(14-9(4)20-12(18)7-2)15-10(5)21-13(19)8-3/h7-10,14-15H,2-3,6H2,1,4-5H3. The second kappa shape index (κ2) is 9.67. The topological polar surface area (TPSA) is 97.0 Å². The summed E-state index contributed by atoms with van der Waals surface area (Å²) < 4.78 is 9.77. The Kier molecular flexibility index (Phi) is 8.66. The lowest BCUT2D eigenvalue weighted by atomic mass is 10.5. The van der Waals surface area contributed by atoms with Gasteiger partial charge in [0.1, 0.15) is 0 Å². The van der Waals surface area contributed by atoms with E-state index in [1.165, 1.54) is 13.8 Å². The molecule has 0 bridgehead atoms. The SMILES string of the molecule is C=CC(=O)OC(C)NN(NC(C)OC(=O)C=C)C(=O)CC. The van der Waals surface area contributed by atoms with Crippen molar-refractivity contribution in [1.82, 2.24) is 16.0 Å². The number of carbonyl (C=O) groups excluding carboxylic acids is 3. The number of hydrazine groups is 2. The molecule has 0 aromatic heterocycles. The average molecular weight is 299 g/mol. The molecule has 2 unspecified atom stereocenters. The maximum atomic E-state index is 11.8. The molecule has 0 aliphatic rings. The predicted molar refractivity (Wildman–Crippen MR) is 74.9 cm³/mol. The zero-order valence-corrected chi connectivity index (χ0v) is 12.4. The van der Waals surface area contributed by atoms with Gasteiger partial charge in [-0.3, -0.25) is 4.79 Å². The van der Waals surface area contributed by atoms with Crippen molar-refractivity contribution in [3.8, 4) is 0 Å². The van der Waals surface area contributed by atoms with Crippen molar-refractivity contribution < 1.29 is 23.9 Å². The van der Waals surface area contributed by atoms with Crippen LogP contribution in [0.1, 0.15) is 27.2 Å². The van der Waals surface area contributed by atoms with Crippen molar-refractivity contribution in [2.45, 2.75) is 39.6 Å².